The van der Waals surface area contributed by atoms with Gasteiger partial charge in [-0.2, -0.15) is 0 Å². The van der Waals surface area contributed by atoms with Gasteiger partial charge in [-0.25, -0.2) is 0 Å². The van der Waals surface area contributed by atoms with Crippen molar-refractivity contribution in [1.82, 2.24) is 0 Å². The number of fused-ring (bicyclic) bond motifs is 1. The van der Waals surface area contributed by atoms with E-state index < -0.39 is 0 Å². The Morgan fingerprint density at radius 2 is 1.80 bits per heavy atom. The van der Waals surface area contributed by atoms with Gasteiger partial charge in [-0.15, -0.1) is 0 Å². The largest absolute Gasteiger partial charge is 0.508 e. The van der Waals surface area contributed by atoms with Crippen LogP contribution in [0.4, 0.5) is 0 Å². The van der Waals surface area contributed by atoms with E-state index in [-0.39, 0.29) is 11.2 Å². The first-order valence-corrected chi connectivity index (χ1v) is 6.94. The number of hydrogen-bond acceptors (Lipinski definition) is 3. The predicted octanol–water partition coefficient (Wildman–Crippen LogP) is 4.58. The quantitative estimate of drug-likeness (QED) is 0.698. The van der Waals surface area contributed by atoms with Crippen molar-refractivity contribution in [3.8, 4) is 17.1 Å². The fourth-order valence-corrected chi connectivity index (χ4v) is 2.80. The van der Waals surface area contributed by atoms with Crippen LogP contribution in [0.3, 0.4) is 0 Å². The molecule has 0 aliphatic heterocycles. The lowest BCUT2D eigenvalue weighted by molar-refractivity contribution is 0.475. The van der Waals surface area contributed by atoms with Crippen LogP contribution in [-0.2, 0) is 0 Å². The number of hydrogen-bond donors (Lipinski definition) is 1. The maximum absolute atomic E-state index is 12.2. The second-order valence-corrected chi connectivity index (χ2v) is 5.61. The summed E-state index contributed by atoms with van der Waals surface area (Å²) in [7, 11) is 0. The van der Waals surface area contributed by atoms with Gasteiger partial charge in [-0.05, 0) is 36.4 Å². The van der Waals surface area contributed by atoms with Crippen molar-refractivity contribution < 1.29 is 9.52 Å². The number of halogens is 2. The van der Waals surface area contributed by atoms with E-state index in [1.54, 1.807) is 24.3 Å². The van der Waals surface area contributed by atoms with Crippen LogP contribution < -0.4 is 5.43 Å². The standard InChI is InChI=1S/C15H8BrClO3/c16-9-5-11-13(19)7-14(20-15(11)12(17)6-9)8-1-3-10(18)4-2-8/h1-7,18H. The average molecular weight is 352 g/mol. The molecule has 2 aromatic carbocycles. The molecular formula is C15H8BrClO3. The van der Waals surface area contributed by atoms with Gasteiger partial charge in [0, 0.05) is 16.1 Å². The Hall–Kier alpha value is -1.78. The Bertz CT molecular complexity index is 853. The Balaban J connectivity index is 2.29. The van der Waals surface area contributed by atoms with E-state index in [1.807, 2.05) is 0 Å². The summed E-state index contributed by atoms with van der Waals surface area (Å²) in [5.41, 5.74) is 0.878. The molecule has 3 rings (SSSR count). The van der Waals surface area contributed by atoms with E-state index in [2.05, 4.69) is 15.9 Å². The summed E-state index contributed by atoms with van der Waals surface area (Å²) < 4.78 is 6.44. The molecule has 1 aromatic heterocycles. The summed E-state index contributed by atoms with van der Waals surface area (Å²) in [6, 6.07) is 11.2. The minimum absolute atomic E-state index is 0.152. The van der Waals surface area contributed by atoms with Crippen LogP contribution in [0.2, 0.25) is 5.02 Å². The maximum atomic E-state index is 12.2. The van der Waals surface area contributed by atoms with E-state index in [9.17, 15) is 9.90 Å². The molecule has 5 heteroatoms. The van der Waals surface area contributed by atoms with Gasteiger partial charge in [-0.1, -0.05) is 27.5 Å². The number of phenols is 1. The molecule has 0 saturated carbocycles. The van der Waals surface area contributed by atoms with E-state index in [4.69, 9.17) is 16.0 Å². The first-order chi connectivity index (χ1) is 9.54. The molecule has 0 amide bonds. The normalized spacial score (nSPS) is 10.9. The van der Waals surface area contributed by atoms with Crippen LogP contribution in [0.15, 0.2) is 56.1 Å². The molecule has 0 atom stereocenters. The third kappa shape index (κ3) is 2.32. The van der Waals surface area contributed by atoms with Crippen molar-refractivity contribution in [2.24, 2.45) is 0 Å². The first-order valence-electron chi connectivity index (χ1n) is 5.77. The van der Waals surface area contributed by atoms with Crippen LogP contribution >= 0.6 is 27.5 Å². The van der Waals surface area contributed by atoms with Gasteiger partial charge in [0.05, 0.1) is 10.4 Å². The molecule has 0 fully saturated rings. The fourth-order valence-electron chi connectivity index (χ4n) is 1.95. The zero-order valence-corrected chi connectivity index (χ0v) is 12.4. The summed E-state index contributed by atoms with van der Waals surface area (Å²) in [5.74, 6) is 0.561. The Labute approximate surface area is 127 Å². The molecule has 1 heterocycles. The smallest absolute Gasteiger partial charge is 0.193 e. The highest BCUT2D eigenvalue weighted by Gasteiger charge is 2.11. The van der Waals surface area contributed by atoms with Crippen LogP contribution in [0.5, 0.6) is 5.75 Å². The number of aromatic hydroxyl groups is 1. The van der Waals surface area contributed by atoms with E-state index in [1.165, 1.54) is 18.2 Å². The summed E-state index contributed by atoms with van der Waals surface area (Å²) in [6.07, 6.45) is 0. The predicted molar refractivity (Wildman–Crippen MR) is 82.3 cm³/mol. The minimum Gasteiger partial charge on any atom is -0.508 e. The van der Waals surface area contributed by atoms with E-state index in [0.717, 1.165) is 4.47 Å². The fraction of sp³-hybridized carbons (Fsp3) is 0. The lowest BCUT2D eigenvalue weighted by Crippen LogP contribution is -2.00. The second kappa shape index (κ2) is 4.96. The summed E-state index contributed by atoms with van der Waals surface area (Å²) in [4.78, 5) is 12.2. The van der Waals surface area contributed by atoms with Gasteiger partial charge in [0.25, 0.3) is 0 Å². The third-order valence-electron chi connectivity index (χ3n) is 2.90. The summed E-state index contributed by atoms with van der Waals surface area (Å²) in [5, 5.41) is 10.1. The lowest BCUT2D eigenvalue weighted by Gasteiger charge is -2.05. The van der Waals surface area contributed by atoms with Crippen molar-refractivity contribution in [3.63, 3.8) is 0 Å². The molecule has 3 nitrogen and oxygen atoms in total. The molecule has 0 radical (unpaired) electrons. The molecule has 0 unspecified atom stereocenters. The number of rotatable bonds is 1. The van der Waals surface area contributed by atoms with Gasteiger partial charge in [0.1, 0.15) is 11.5 Å². The Morgan fingerprint density at radius 3 is 2.50 bits per heavy atom. The van der Waals surface area contributed by atoms with Crippen LogP contribution in [0.1, 0.15) is 0 Å². The molecule has 20 heavy (non-hydrogen) atoms. The first kappa shape index (κ1) is 13.2. The second-order valence-electron chi connectivity index (χ2n) is 4.29. The molecule has 3 aromatic rings. The summed E-state index contributed by atoms with van der Waals surface area (Å²) >= 11 is 9.41. The molecule has 0 bridgehead atoms. The molecule has 1 N–H and O–H groups in total. The van der Waals surface area contributed by atoms with Gasteiger partial charge >= 0.3 is 0 Å². The third-order valence-corrected chi connectivity index (χ3v) is 3.64. The molecule has 0 saturated heterocycles. The Morgan fingerprint density at radius 1 is 1.10 bits per heavy atom. The van der Waals surface area contributed by atoms with Crippen molar-refractivity contribution in [2.75, 3.05) is 0 Å². The molecule has 100 valence electrons. The summed E-state index contributed by atoms with van der Waals surface area (Å²) in [6.45, 7) is 0. The van der Waals surface area contributed by atoms with Crippen molar-refractivity contribution in [1.29, 1.82) is 0 Å². The highest BCUT2D eigenvalue weighted by Crippen LogP contribution is 2.30. The lowest BCUT2D eigenvalue weighted by atomic mass is 10.1. The molecule has 0 spiro atoms. The highest BCUT2D eigenvalue weighted by molar-refractivity contribution is 9.10. The number of phenolic OH excluding ortho intramolecular Hbond substituents is 1. The zero-order valence-electron chi connectivity index (χ0n) is 10.1. The van der Waals surface area contributed by atoms with E-state index in [0.29, 0.717) is 27.3 Å². The monoisotopic (exact) mass is 350 g/mol. The van der Waals surface area contributed by atoms with Gasteiger partial charge in [0.2, 0.25) is 0 Å². The van der Waals surface area contributed by atoms with Gasteiger partial charge in [0.15, 0.2) is 11.0 Å². The van der Waals surface area contributed by atoms with Crippen molar-refractivity contribution >= 4 is 38.5 Å². The van der Waals surface area contributed by atoms with Crippen LogP contribution in [-0.4, -0.2) is 5.11 Å². The van der Waals surface area contributed by atoms with Crippen LogP contribution in [0, 0.1) is 0 Å². The van der Waals surface area contributed by atoms with Crippen molar-refractivity contribution in [2.45, 2.75) is 0 Å². The average Bonchev–Trinajstić information content (AvgIpc) is 2.40. The van der Waals surface area contributed by atoms with Gasteiger partial charge < -0.3 is 9.52 Å². The molecular weight excluding hydrogens is 344 g/mol. The zero-order chi connectivity index (χ0) is 14.3. The maximum Gasteiger partial charge on any atom is 0.193 e. The Kier molecular flexibility index (Phi) is 3.28. The highest BCUT2D eigenvalue weighted by atomic mass is 79.9. The van der Waals surface area contributed by atoms with Crippen molar-refractivity contribution in [3.05, 3.63) is 62.2 Å². The number of benzene rings is 2. The van der Waals surface area contributed by atoms with Crippen LogP contribution in [0.25, 0.3) is 22.3 Å². The van der Waals surface area contributed by atoms with Gasteiger partial charge in [-0.3, -0.25) is 4.79 Å². The molecule has 0 aliphatic carbocycles. The SMILES string of the molecule is O=c1cc(-c2ccc(O)cc2)oc2c(Cl)cc(Br)cc12. The minimum atomic E-state index is -0.169. The molecule has 0 aliphatic rings. The van der Waals surface area contributed by atoms with E-state index >= 15 is 0 Å². The topological polar surface area (TPSA) is 50.4 Å².